The van der Waals surface area contributed by atoms with Crippen molar-refractivity contribution in [3.8, 4) is 0 Å². The number of aromatic nitrogens is 3. The molecule has 1 aromatic rings. The highest BCUT2D eigenvalue weighted by Crippen LogP contribution is 2.31. The minimum absolute atomic E-state index is 0.509. The molecule has 0 bridgehead atoms. The van der Waals surface area contributed by atoms with Crippen LogP contribution in [0.3, 0.4) is 0 Å². The lowest BCUT2D eigenvalue weighted by molar-refractivity contribution is 0.154. The molecular formula is C10H17N5. The Morgan fingerprint density at radius 3 is 2.93 bits per heavy atom. The maximum absolute atomic E-state index is 4.32. The second kappa shape index (κ2) is 3.90. The zero-order valence-electron chi connectivity index (χ0n) is 8.87. The molecule has 0 aromatic carbocycles. The Labute approximate surface area is 89.2 Å². The van der Waals surface area contributed by atoms with E-state index in [4.69, 9.17) is 0 Å². The van der Waals surface area contributed by atoms with E-state index in [0.717, 1.165) is 32.6 Å². The fraction of sp³-hybridized carbons (Fsp3) is 0.800. The van der Waals surface area contributed by atoms with Gasteiger partial charge in [0, 0.05) is 26.2 Å². The van der Waals surface area contributed by atoms with Crippen LogP contribution in [0.1, 0.15) is 30.3 Å². The van der Waals surface area contributed by atoms with Crippen molar-refractivity contribution in [3.63, 3.8) is 0 Å². The van der Waals surface area contributed by atoms with Gasteiger partial charge in [-0.15, -0.1) is 0 Å². The van der Waals surface area contributed by atoms with Crippen LogP contribution in [0.4, 0.5) is 0 Å². The van der Waals surface area contributed by atoms with Crippen LogP contribution in [0.15, 0.2) is 0 Å². The maximum atomic E-state index is 4.32. The van der Waals surface area contributed by atoms with Gasteiger partial charge in [-0.25, -0.2) is 0 Å². The number of hydrogen-bond acceptors (Lipinski definition) is 4. The van der Waals surface area contributed by atoms with Crippen LogP contribution < -0.4 is 5.32 Å². The first kappa shape index (κ1) is 9.30. The third-order valence-corrected chi connectivity index (χ3v) is 3.45. The van der Waals surface area contributed by atoms with Crippen molar-refractivity contribution >= 4 is 0 Å². The fourth-order valence-electron chi connectivity index (χ4n) is 2.66. The van der Waals surface area contributed by atoms with Crippen LogP contribution in [-0.4, -0.2) is 46.5 Å². The number of nitrogens with zero attached hydrogens (tertiary/aromatic N) is 3. The average molecular weight is 207 g/mol. The van der Waals surface area contributed by atoms with E-state index < -0.39 is 0 Å². The van der Waals surface area contributed by atoms with Crippen LogP contribution in [0.2, 0.25) is 0 Å². The molecule has 0 radical (unpaired) electrons. The Morgan fingerprint density at radius 2 is 2.07 bits per heavy atom. The van der Waals surface area contributed by atoms with Crippen molar-refractivity contribution < 1.29 is 0 Å². The number of rotatable bonds is 1. The highest BCUT2D eigenvalue weighted by Gasteiger charge is 2.29. The molecule has 15 heavy (non-hydrogen) atoms. The van der Waals surface area contributed by atoms with Crippen molar-refractivity contribution in [3.05, 3.63) is 11.4 Å². The molecule has 2 N–H and O–H groups in total. The van der Waals surface area contributed by atoms with Gasteiger partial charge in [0.2, 0.25) is 0 Å². The summed E-state index contributed by atoms with van der Waals surface area (Å²) in [5.41, 5.74) is 2.38. The predicted molar refractivity (Wildman–Crippen MR) is 56.5 cm³/mol. The van der Waals surface area contributed by atoms with Crippen LogP contribution >= 0.6 is 0 Å². The maximum Gasteiger partial charge on any atom is 0.103 e. The Morgan fingerprint density at radius 1 is 1.20 bits per heavy atom. The molecule has 1 saturated heterocycles. The van der Waals surface area contributed by atoms with Crippen LogP contribution in [0, 0.1) is 0 Å². The van der Waals surface area contributed by atoms with Gasteiger partial charge in [-0.2, -0.15) is 15.4 Å². The first-order chi connectivity index (χ1) is 7.45. The lowest BCUT2D eigenvalue weighted by Crippen LogP contribution is -2.45. The number of fused-ring (bicyclic) bond motifs is 1. The third-order valence-electron chi connectivity index (χ3n) is 3.45. The molecule has 3 rings (SSSR count). The molecule has 1 aromatic heterocycles. The van der Waals surface area contributed by atoms with Crippen molar-refractivity contribution in [2.24, 2.45) is 0 Å². The minimum Gasteiger partial charge on any atom is -0.314 e. The van der Waals surface area contributed by atoms with Gasteiger partial charge in [0.05, 0.1) is 11.7 Å². The first-order valence-corrected chi connectivity index (χ1v) is 5.79. The second-order valence-electron chi connectivity index (χ2n) is 4.35. The molecule has 1 unspecified atom stereocenters. The topological polar surface area (TPSA) is 56.8 Å². The Kier molecular flexibility index (Phi) is 2.42. The second-order valence-corrected chi connectivity index (χ2v) is 4.35. The molecule has 5 heteroatoms. The molecule has 82 valence electrons. The van der Waals surface area contributed by atoms with Gasteiger partial charge in [0.25, 0.3) is 0 Å². The molecular weight excluding hydrogens is 190 g/mol. The largest absolute Gasteiger partial charge is 0.314 e. The van der Waals surface area contributed by atoms with Gasteiger partial charge in [-0.05, 0) is 19.3 Å². The van der Waals surface area contributed by atoms with Gasteiger partial charge in [-0.1, -0.05) is 0 Å². The van der Waals surface area contributed by atoms with Gasteiger partial charge >= 0.3 is 0 Å². The van der Waals surface area contributed by atoms with Crippen LogP contribution in [-0.2, 0) is 6.42 Å². The summed E-state index contributed by atoms with van der Waals surface area (Å²) in [4.78, 5) is 2.54. The molecule has 5 nitrogen and oxygen atoms in total. The summed E-state index contributed by atoms with van der Waals surface area (Å²) in [6, 6.07) is 0.509. The van der Waals surface area contributed by atoms with E-state index in [-0.39, 0.29) is 0 Å². The molecule has 0 spiro atoms. The number of H-pyrrole nitrogens is 1. The van der Waals surface area contributed by atoms with Gasteiger partial charge in [0.1, 0.15) is 5.69 Å². The Balaban J connectivity index is 1.82. The highest BCUT2D eigenvalue weighted by atomic mass is 15.4. The smallest absolute Gasteiger partial charge is 0.103 e. The molecule has 1 aliphatic heterocycles. The summed E-state index contributed by atoms with van der Waals surface area (Å²) in [6.45, 7) is 4.47. The number of aromatic amines is 1. The minimum atomic E-state index is 0.509. The molecule has 1 aliphatic carbocycles. The molecule has 0 saturated carbocycles. The van der Waals surface area contributed by atoms with Gasteiger partial charge < -0.3 is 5.32 Å². The van der Waals surface area contributed by atoms with E-state index in [1.165, 1.54) is 24.2 Å². The molecule has 1 fully saturated rings. The predicted octanol–water partition coefficient (Wildman–Crippen LogP) is 0.0873. The highest BCUT2D eigenvalue weighted by molar-refractivity contribution is 5.17. The summed E-state index contributed by atoms with van der Waals surface area (Å²) in [5, 5.41) is 14.7. The van der Waals surface area contributed by atoms with E-state index in [1.54, 1.807) is 0 Å². The van der Waals surface area contributed by atoms with E-state index in [0.29, 0.717) is 6.04 Å². The lowest BCUT2D eigenvalue weighted by atomic mass is 9.94. The third kappa shape index (κ3) is 1.66. The van der Waals surface area contributed by atoms with Crippen molar-refractivity contribution in [1.82, 2.24) is 25.6 Å². The molecule has 2 heterocycles. The Hall–Kier alpha value is -0.940. The average Bonchev–Trinajstić information content (AvgIpc) is 2.78. The first-order valence-electron chi connectivity index (χ1n) is 5.79. The SMILES string of the molecule is C1Cc2n[nH]nc2C(N2CCNCC2)C1. The summed E-state index contributed by atoms with van der Waals surface area (Å²) in [7, 11) is 0. The zero-order chi connectivity index (χ0) is 10.1. The van der Waals surface area contributed by atoms with Gasteiger partial charge in [-0.3, -0.25) is 4.90 Å². The van der Waals surface area contributed by atoms with Crippen molar-refractivity contribution in [2.75, 3.05) is 26.2 Å². The normalized spacial score (nSPS) is 27.6. The van der Waals surface area contributed by atoms with Crippen LogP contribution in [0.5, 0.6) is 0 Å². The lowest BCUT2D eigenvalue weighted by Gasteiger charge is -2.35. The standard InChI is InChI=1S/C10H17N5/c1-2-8-10(13-14-12-8)9(3-1)15-6-4-11-5-7-15/h9,11H,1-7H2,(H,12,13,14). The van der Waals surface area contributed by atoms with E-state index in [1.807, 2.05) is 0 Å². The number of nitrogens with one attached hydrogen (secondary N) is 2. The molecule has 2 aliphatic rings. The summed E-state index contributed by atoms with van der Waals surface area (Å²) >= 11 is 0. The zero-order valence-corrected chi connectivity index (χ0v) is 8.87. The summed E-state index contributed by atoms with van der Waals surface area (Å²) in [6.07, 6.45) is 3.57. The van der Waals surface area contributed by atoms with E-state index in [2.05, 4.69) is 25.6 Å². The van der Waals surface area contributed by atoms with Gasteiger partial charge in [0.15, 0.2) is 0 Å². The molecule has 0 amide bonds. The summed E-state index contributed by atoms with van der Waals surface area (Å²) in [5.74, 6) is 0. The number of aryl methyl sites for hydroxylation is 1. The van der Waals surface area contributed by atoms with E-state index in [9.17, 15) is 0 Å². The van der Waals surface area contributed by atoms with Crippen molar-refractivity contribution in [2.45, 2.75) is 25.3 Å². The van der Waals surface area contributed by atoms with Crippen LogP contribution in [0.25, 0.3) is 0 Å². The Bertz CT molecular complexity index is 328. The quantitative estimate of drug-likeness (QED) is 0.685. The number of piperazine rings is 1. The van der Waals surface area contributed by atoms with Crippen molar-refractivity contribution in [1.29, 1.82) is 0 Å². The summed E-state index contributed by atoms with van der Waals surface area (Å²) < 4.78 is 0. The number of hydrogen-bond donors (Lipinski definition) is 2. The van der Waals surface area contributed by atoms with E-state index >= 15 is 0 Å². The fourth-order valence-corrected chi connectivity index (χ4v) is 2.66. The molecule has 1 atom stereocenters. The monoisotopic (exact) mass is 207 g/mol.